The van der Waals surface area contributed by atoms with E-state index in [9.17, 15) is 4.79 Å². The zero-order valence-corrected chi connectivity index (χ0v) is 15.2. The normalized spacial score (nSPS) is 12.2. The zero-order valence-electron chi connectivity index (χ0n) is 15.2. The van der Waals surface area contributed by atoms with Crippen LogP contribution in [0.3, 0.4) is 0 Å². The smallest absolute Gasteiger partial charge is 0.315 e. The third-order valence-electron chi connectivity index (χ3n) is 3.87. The highest BCUT2D eigenvalue weighted by atomic mass is 16.5. The standard InChI is InChI=1S/C18H26N4O3/c1-5-24-11-15(12(2)3)20-18(23)19-10-16-21-17(25-22-16)14-9-7-6-8-13(14)4/h6-9,12,15H,5,10-11H2,1-4H3,(H2,19,20,23)/t15-/m1/s1. The average molecular weight is 346 g/mol. The second-order valence-corrected chi connectivity index (χ2v) is 6.17. The van der Waals surface area contributed by atoms with Gasteiger partial charge in [-0.3, -0.25) is 0 Å². The Bertz CT molecular complexity index is 684. The predicted molar refractivity (Wildman–Crippen MR) is 95.0 cm³/mol. The number of hydrogen-bond acceptors (Lipinski definition) is 5. The molecule has 0 aliphatic rings. The average Bonchev–Trinajstić information content (AvgIpc) is 3.05. The Morgan fingerprint density at radius 2 is 2.08 bits per heavy atom. The maximum absolute atomic E-state index is 12.1. The van der Waals surface area contributed by atoms with Crippen molar-refractivity contribution in [3.8, 4) is 11.5 Å². The Morgan fingerprint density at radius 1 is 1.32 bits per heavy atom. The number of carbonyl (C=O) groups excluding carboxylic acids is 1. The van der Waals surface area contributed by atoms with Crippen LogP contribution in [0.4, 0.5) is 4.79 Å². The molecule has 0 bridgehead atoms. The minimum atomic E-state index is -0.277. The van der Waals surface area contributed by atoms with E-state index >= 15 is 0 Å². The van der Waals surface area contributed by atoms with Crippen LogP contribution in [0.25, 0.3) is 11.5 Å². The van der Waals surface area contributed by atoms with Gasteiger partial charge >= 0.3 is 6.03 Å². The lowest BCUT2D eigenvalue weighted by molar-refractivity contribution is 0.110. The second kappa shape index (κ2) is 9.17. The van der Waals surface area contributed by atoms with E-state index in [2.05, 4.69) is 20.8 Å². The van der Waals surface area contributed by atoms with Crippen LogP contribution >= 0.6 is 0 Å². The Morgan fingerprint density at radius 3 is 2.76 bits per heavy atom. The van der Waals surface area contributed by atoms with Crippen molar-refractivity contribution in [1.29, 1.82) is 0 Å². The van der Waals surface area contributed by atoms with Crippen LogP contribution in [0, 0.1) is 12.8 Å². The first-order chi connectivity index (χ1) is 12.0. The van der Waals surface area contributed by atoms with Gasteiger partial charge in [-0.15, -0.1) is 0 Å². The number of rotatable bonds is 8. The summed E-state index contributed by atoms with van der Waals surface area (Å²) in [5.41, 5.74) is 1.95. The van der Waals surface area contributed by atoms with Crippen molar-refractivity contribution in [1.82, 2.24) is 20.8 Å². The van der Waals surface area contributed by atoms with Gasteiger partial charge in [-0.25, -0.2) is 4.79 Å². The van der Waals surface area contributed by atoms with Crippen LogP contribution in [0.1, 0.15) is 32.2 Å². The number of benzene rings is 1. The van der Waals surface area contributed by atoms with Crippen molar-refractivity contribution in [3.05, 3.63) is 35.7 Å². The molecule has 0 saturated carbocycles. The van der Waals surface area contributed by atoms with Crippen molar-refractivity contribution in [2.45, 2.75) is 40.3 Å². The van der Waals surface area contributed by atoms with Crippen LogP contribution in [0.5, 0.6) is 0 Å². The molecule has 0 spiro atoms. The number of nitrogens with one attached hydrogen (secondary N) is 2. The van der Waals surface area contributed by atoms with E-state index in [1.807, 2.05) is 52.0 Å². The van der Waals surface area contributed by atoms with Crippen molar-refractivity contribution in [3.63, 3.8) is 0 Å². The first-order valence-corrected chi connectivity index (χ1v) is 8.52. The molecule has 0 aliphatic heterocycles. The number of aryl methyl sites for hydroxylation is 1. The molecule has 0 unspecified atom stereocenters. The molecule has 0 saturated heterocycles. The van der Waals surface area contributed by atoms with E-state index < -0.39 is 0 Å². The van der Waals surface area contributed by atoms with E-state index in [1.165, 1.54) is 0 Å². The van der Waals surface area contributed by atoms with Gasteiger partial charge in [0.25, 0.3) is 5.89 Å². The molecule has 136 valence electrons. The molecule has 0 aliphatic carbocycles. The third-order valence-corrected chi connectivity index (χ3v) is 3.87. The lowest BCUT2D eigenvalue weighted by Gasteiger charge is -2.22. The Balaban J connectivity index is 1.89. The van der Waals surface area contributed by atoms with E-state index in [0.29, 0.717) is 24.9 Å². The molecule has 7 heteroatoms. The highest BCUT2D eigenvalue weighted by Crippen LogP contribution is 2.20. The van der Waals surface area contributed by atoms with E-state index in [-0.39, 0.29) is 24.5 Å². The summed E-state index contributed by atoms with van der Waals surface area (Å²) in [6, 6.07) is 7.45. The Hall–Kier alpha value is -2.41. The summed E-state index contributed by atoms with van der Waals surface area (Å²) >= 11 is 0. The number of ether oxygens (including phenoxy) is 1. The molecule has 7 nitrogen and oxygen atoms in total. The van der Waals surface area contributed by atoms with Gasteiger partial charge < -0.3 is 19.9 Å². The fraction of sp³-hybridized carbons (Fsp3) is 0.500. The van der Waals surface area contributed by atoms with Crippen LogP contribution in [0.15, 0.2) is 28.8 Å². The fourth-order valence-corrected chi connectivity index (χ4v) is 2.27. The molecule has 1 heterocycles. The second-order valence-electron chi connectivity index (χ2n) is 6.17. The molecule has 2 N–H and O–H groups in total. The van der Waals surface area contributed by atoms with Crippen LogP contribution in [-0.2, 0) is 11.3 Å². The van der Waals surface area contributed by atoms with Gasteiger partial charge in [-0.2, -0.15) is 4.98 Å². The largest absolute Gasteiger partial charge is 0.380 e. The SMILES string of the molecule is CCOC[C@@H](NC(=O)NCc1noc(-c2ccccc2C)n1)C(C)C. The van der Waals surface area contributed by atoms with Gasteiger partial charge in [-0.05, 0) is 31.4 Å². The zero-order chi connectivity index (χ0) is 18.2. The van der Waals surface area contributed by atoms with Gasteiger partial charge in [0.15, 0.2) is 5.82 Å². The van der Waals surface area contributed by atoms with Gasteiger partial charge in [-0.1, -0.05) is 37.2 Å². The van der Waals surface area contributed by atoms with E-state index in [4.69, 9.17) is 9.26 Å². The summed E-state index contributed by atoms with van der Waals surface area (Å²) in [4.78, 5) is 16.4. The molecule has 25 heavy (non-hydrogen) atoms. The first kappa shape index (κ1) is 18.9. The lowest BCUT2D eigenvalue weighted by Crippen LogP contribution is -2.46. The lowest BCUT2D eigenvalue weighted by atomic mass is 10.1. The predicted octanol–water partition coefficient (Wildman–Crippen LogP) is 2.91. The van der Waals surface area contributed by atoms with Gasteiger partial charge in [0.05, 0.1) is 19.2 Å². The summed E-state index contributed by atoms with van der Waals surface area (Å²) < 4.78 is 10.7. The summed E-state index contributed by atoms with van der Waals surface area (Å²) in [7, 11) is 0. The van der Waals surface area contributed by atoms with Gasteiger partial charge in [0.1, 0.15) is 0 Å². The molecule has 1 aromatic heterocycles. The maximum Gasteiger partial charge on any atom is 0.315 e. The molecular formula is C18H26N4O3. The number of carbonyl (C=O) groups is 1. The molecule has 0 radical (unpaired) electrons. The van der Waals surface area contributed by atoms with Crippen LogP contribution in [-0.4, -0.2) is 35.4 Å². The number of amides is 2. The third kappa shape index (κ3) is 5.56. The van der Waals surface area contributed by atoms with Crippen molar-refractivity contribution >= 4 is 6.03 Å². The summed E-state index contributed by atoms with van der Waals surface area (Å²) in [5.74, 6) is 1.15. The Labute approximate surface area is 148 Å². The summed E-state index contributed by atoms with van der Waals surface area (Å²) in [6.07, 6.45) is 0. The molecule has 2 rings (SSSR count). The fourth-order valence-electron chi connectivity index (χ4n) is 2.27. The van der Waals surface area contributed by atoms with Gasteiger partial charge in [0, 0.05) is 12.2 Å². The molecule has 0 fully saturated rings. The van der Waals surface area contributed by atoms with Crippen molar-refractivity contribution in [2.24, 2.45) is 5.92 Å². The summed E-state index contributed by atoms with van der Waals surface area (Å²) in [6.45, 7) is 9.29. The molecule has 1 aromatic carbocycles. The quantitative estimate of drug-likeness (QED) is 0.767. The maximum atomic E-state index is 12.1. The highest BCUT2D eigenvalue weighted by molar-refractivity contribution is 5.74. The Kier molecular flexibility index (Phi) is 6.94. The number of urea groups is 1. The first-order valence-electron chi connectivity index (χ1n) is 8.52. The van der Waals surface area contributed by atoms with E-state index in [0.717, 1.165) is 11.1 Å². The monoisotopic (exact) mass is 346 g/mol. The topological polar surface area (TPSA) is 89.3 Å². The highest BCUT2D eigenvalue weighted by Gasteiger charge is 2.17. The molecule has 2 aromatic rings. The number of aromatic nitrogens is 2. The summed E-state index contributed by atoms with van der Waals surface area (Å²) in [5, 5.41) is 9.57. The molecular weight excluding hydrogens is 320 g/mol. The van der Waals surface area contributed by atoms with Crippen LogP contribution in [0.2, 0.25) is 0 Å². The van der Waals surface area contributed by atoms with E-state index in [1.54, 1.807) is 0 Å². The minimum Gasteiger partial charge on any atom is -0.380 e. The van der Waals surface area contributed by atoms with Crippen molar-refractivity contribution in [2.75, 3.05) is 13.2 Å². The van der Waals surface area contributed by atoms with Gasteiger partial charge in [0.2, 0.25) is 0 Å². The number of hydrogen-bond donors (Lipinski definition) is 2. The van der Waals surface area contributed by atoms with Crippen LogP contribution < -0.4 is 10.6 Å². The molecule has 2 amide bonds. The minimum absolute atomic E-state index is 0.0484. The number of nitrogens with zero attached hydrogens (tertiary/aromatic N) is 2. The van der Waals surface area contributed by atoms with Crippen molar-refractivity contribution < 1.29 is 14.1 Å². The molecule has 1 atom stereocenters.